The maximum absolute atomic E-state index is 13.0. The topological polar surface area (TPSA) is 187 Å². The average molecular weight is 478 g/mol. The highest BCUT2D eigenvalue weighted by Crippen LogP contribution is 2.17. The molecule has 0 aliphatic carbocycles. The normalized spacial score (nSPS) is 14.2. The minimum Gasteiger partial charge on any atom is -0.478 e. The second-order valence-corrected chi connectivity index (χ2v) is 6.75. The highest BCUT2D eigenvalue weighted by atomic mass is 35.5. The third-order valence-electron chi connectivity index (χ3n) is 4.69. The van der Waals surface area contributed by atoms with Gasteiger partial charge in [-0.05, 0) is 16.4 Å². The number of carbonyl (C=O) groups excluding carboxylic acids is 1. The van der Waals surface area contributed by atoms with Crippen LogP contribution < -0.4 is 11.2 Å². The number of nitrogens with zero attached hydrogens (tertiary/aromatic N) is 7. The number of aromatic carboxylic acids is 1. The van der Waals surface area contributed by atoms with E-state index >= 15 is 0 Å². The Balaban J connectivity index is 0.00000306. The van der Waals surface area contributed by atoms with Crippen molar-refractivity contribution >= 4 is 36.3 Å². The first kappa shape index (κ1) is 23.8. The lowest BCUT2D eigenvalue weighted by molar-refractivity contribution is 0.0335. The predicted molar refractivity (Wildman–Crippen MR) is 115 cm³/mol. The van der Waals surface area contributed by atoms with Crippen LogP contribution in [0.3, 0.4) is 0 Å². The molecule has 4 N–H and O–H groups in total. The van der Waals surface area contributed by atoms with E-state index in [9.17, 15) is 14.7 Å². The molecule has 1 fully saturated rings. The smallest absolute Gasteiger partial charge is 0.336 e. The Hall–Kier alpha value is -3.88. The van der Waals surface area contributed by atoms with Crippen LogP contribution in [0.15, 0.2) is 34.0 Å². The SMILES string of the molecule is Cl.Nc1nonc1-n1nnc(CN2CCOCC2)c1C(=O)N/N=C/c1ccccc1C(=O)O. The van der Waals surface area contributed by atoms with Crippen LogP contribution in [0.5, 0.6) is 0 Å². The number of rotatable bonds is 7. The molecular formula is C18H20ClN9O5. The van der Waals surface area contributed by atoms with Crippen molar-refractivity contribution in [2.24, 2.45) is 5.10 Å². The van der Waals surface area contributed by atoms with Gasteiger partial charge in [-0.2, -0.15) is 9.78 Å². The van der Waals surface area contributed by atoms with Crippen LogP contribution in [0.25, 0.3) is 5.82 Å². The van der Waals surface area contributed by atoms with Crippen molar-refractivity contribution in [3.8, 4) is 5.82 Å². The molecule has 3 aromatic rings. The summed E-state index contributed by atoms with van der Waals surface area (Å²) < 4.78 is 11.1. The van der Waals surface area contributed by atoms with E-state index in [1.165, 1.54) is 12.3 Å². The molecule has 33 heavy (non-hydrogen) atoms. The van der Waals surface area contributed by atoms with Crippen molar-refractivity contribution in [2.45, 2.75) is 6.54 Å². The van der Waals surface area contributed by atoms with Crippen molar-refractivity contribution in [3.05, 3.63) is 46.8 Å². The average Bonchev–Trinajstić information content (AvgIpc) is 3.40. The van der Waals surface area contributed by atoms with Gasteiger partial charge in [-0.3, -0.25) is 9.69 Å². The zero-order valence-corrected chi connectivity index (χ0v) is 17.9. The maximum atomic E-state index is 13.0. The molecule has 1 aliphatic heterocycles. The number of anilines is 1. The van der Waals surface area contributed by atoms with Crippen LogP contribution in [0.2, 0.25) is 0 Å². The number of benzene rings is 1. The second kappa shape index (κ2) is 10.6. The molecule has 0 radical (unpaired) electrons. The molecule has 0 atom stereocenters. The molecule has 3 heterocycles. The number of morpholine rings is 1. The molecule has 0 spiro atoms. The number of hydrazone groups is 1. The quantitative estimate of drug-likeness (QED) is 0.305. The lowest BCUT2D eigenvalue weighted by Crippen LogP contribution is -2.36. The number of amides is 1. The number of nitrogens with one attached hydrogen (secondary N) is 1. The van der Waals surface area contributed by atoms with Crippen LogP contribution >= 0.6 is 12.4 Å². The first-order valence-corrected chi connectivity index (χ1v) is 9.53. The van der Waals surface area contributed by atoms with Gasteiger partial charge in [0.05, 0.1) is 25.0 Å². The van der Waals surface area contributed by atoms with E-state index in [1.54, 1.807) is 18.2 Å². The van der Waals surface area contributed by atoms with Crippen molar-refractivity contribution in [3.63, 3.8) is 0 Å². The van der Waals surface area contributed by atoms with E-state index < -0.39 is 11.9 Å². The number of hydrogen-bond donors (Lipinski definition) is 3. The predicted octanol–water partition coefficient (Wildman–Crippen LogP) is -0.0514. The van der Waals surface area contributed by atoms with Gasteiger partial charge in [0, 0.05) is 25.2 Å². The Morgan fingerprint density at radius 2 is 2.00 bits per heavy atom. The largest absolute Gasteiger partial charge is 0.478 e. The van der Waals surface area contributed by atoms with Crippen molar-refractivity contribution in [1.29, 1.82) is 0 Å². The standard InChI is InChI=1S/C18H19N9O5.ClH/c19-15-16(24-32-23-15)27-14(13(21-25-27)10-26-5-7-31-8-6-26)17(28)22-20-9-11-3-1-2-4-12(11)18(29)30;/h1-4,9H,5-8,10H2,(H2,19,23)(H,22,28)(H,29,30);1H/b20-9+;. The lowest BCUT2D eigenvalue weighted by atomic mass is 10.1. The highest BCUT2D eigenvalue weighted by molar-refractivity contribution is 5.99. The zero-order chi connectivity index (χ0) is 22.5. The lowest BCUT2D eigenvalue weighted by Gasteiger charge is -2.25. The van der Waals surface area contributed by atoms with E-state index in [1.807, 2.05) is 0 Å². The Bertz CT molecular complexity index is 1160. The monoisotopic (exact) mass is 477 g/mol. The fourth-order valence-corrected chi connectivity index (χ4v) is 3.12. The molecule has 1 amide bonds. The van der Waals surface area contributed by atoms with E-state index in [-0.39, 0.29) is 35.3 Å². The molecule has 0 saturated carbocycles. The Morgan fingerprint density at radius 3 is 2.70 bits per heavy atom. The van der Waals surface area contributed by atoms with Gasteiger partial charge in [-0.25, -0.2) is 14.8 Å². The van der Waals surface area contributed by atoms with E-state index in [4.69, 9.17) is 10.5 Å². The first-order valence-electron chi connectivity index (χ1n) is 9.53. The Labute approximate surface area is 192 Å². The van der Waals surface area contributed by atoms with Gasteiger partial charge in [-0.15, -0.1) is 17.5 Å². The number of hydrogen-bond acceptors (Lipinski definition) is 11. The minimum atomic E-state index is -1.11. The number of carboxylic acid groups (broad SMARTS) is 1. The number of carboxylic acids is 1. The molecule has 1 aliphatic rings. The molecule has 0 unspecified atom stereocenters. The Morgan fingerprint density at radius 1 is 1.24 bits per heavy atom. The molecule has 174 valence electrons. The molecular weight excluding hydrogens is 458 g/mol. The summed E-state index contributed by atoms with van der Waals surface area (Å²) in [5.41, 5.74) is 8.91. The van der Waals surface area contributed by atoms with E-state index in [0.29, 0.717) is 44.1 Å². The van der Waals surface area contributed by atoms with Gasteiger partial charge in [0.2, 0.25) is 11.6 Å². The third-order valence-corrected chi connectivity index (χ3v) is 4.69. The van der Waals surface area contributed by atoms with Gasteiger partial charge < -0.3 is 15.6 Å². The molecule has 14 nitrogen and oxygen atoms in total. The molecule has 1 aromatic carbocycles. The van der Waals surface area contributed by atoms with Gasteiger partial charge in [-0.1, -0.05) is 23.4 Å². The summed E-state index contributed by atoms with van der Waals surface area (Å²) in [6.07, 6.45) is 1.24. The maximum Gasteiger partial charge on any atom is 0.336 e. The third kappa shape index (κ3) is 5.31. The molecule has 1 saturated heterocycles. The second-order valence-electron chi connectivity index (χ2n) is 6.75. The van der Waals surface area contributed by atoms with E-state index in [0.717, 1.165) is 4.68 Å². The molecule has 15 heteroatoms. The summed E-state index contributed by atoms with van der Waals surface area (Å²) in [7, 11) is 0. The zero-order valence-electron chi connectivity index (χ0n) is 17.1. The van der Waals surface area contributed by atoms with Crippen LogP contribution in [0.1, 0.15) is 32.1 Å². The van der Waals surface area contributed by atoms with Crippen molar-refractivity contribution in [1.82, 2.24) is 35.6 Å². The summed E-state index contributed by atoms with van der Waals surface area (Å²) in [4.78, 5) is 26.4. The molecule has 0 bridgehead atoms. The van der Waals surface area contributed by atoms with Crippen LogP contribution in [-0.2, 0) is 11.3 Å². The van der Waals surface area contributed by atoms with Crippen LogP contribution in [0, 0.1) is 0 Å². The summed E-state index contributed by atoms with van der Waals surface area (Å²) in [5.74, 6) is -1.82. The van der Waals surface area contributed by atoms with Crippen LogP contribution in [0.4, 0.5) is 5.82 Å². The number of halogens is 1. The Kier molecular flexibility index (Phi) is 7.66. The van der Waals surface area contributed by atoms with Crippen LogP contribution in [-0.4, -0.2) is 79.7 Å². The van der Waals surface area contributed by atoms with Gasteiger partial charge in [0.15, 0.2) is 5.69 Å². The summed E-state index contributed by atoms with van der Waals surface area (Å²) in [5, 5.41) is 28.4. The number of nitrogens with two attached hydrogens (primary N) is 1. The van der Waals surface area contributed by atoms with E-state index in [2.05, 4.69) is 40.7 Å². The number of aromatic nitrogens is 5. The number of ether oxygens (including phenoxy) is 1. The summed E-state index contributed by atoms with van der Waals surface area (Å²) in [6.45, 7) is 2.83. The van der Waals surface area contributed by atoms with Gasteiger partial charge in [0.25, 0.3) is 5.91 Å². The van der Waals surface area contributed by atoms with Crippen molar-refractivity contribution < 1.29 is 24.1 Å². The highest BCUT2D eigenvalue weighted by Gasteiger charge is 2.26. The fraction of sp³-hybridized carbons (Fsp3) is 0.278. The number of carbonyl (C=O) groups is 2. The summed E-state index contributed by atoms with van der Waals surface area (Å²) in [6, 6.07) is 6.26. The summed E-state index contributed by atoms with van der Waals surface area (Å²) >= 11 is 0. The minimum absolute atomic E-state index is 0. The molecule has 4 rings (SSSR count). The first-order chi connectivity index (χ1) is 15.5. The van der Waals surface area contributed by atoms with Gasteiger partial charge in [0.1, 0.15) is 5.69 Å². The fourth-order valence-electron chi connectivity index (χ4n) is 3.12. The van der Waals surface area contributed by atoms with Crippen molar-refractivity contribution in [2.75, 3.05) is 32.0 Å². The number of nitrogen functional groups attached to an aromatic ring is 1. The van der Waals surface area contributed by atoms with Gasteiger partial charge >= 0.3 is 5.97 Å². The molecule has 2 aromatic heterocycles.